The van der Waals surface area contributed by atoms with E-state index in [2.05, 4.69) is 15.4 Å². The average molecular weight is 298 g/mol. The highest BCUT2D eigenvalue weighted by Crippen LogP contribution is 2.38. The minimum atomic E-state index is -0.687. The molecule has 3 rings (SSSR count). The molecule has 2 aromatic rings. The summed E-state index contributed by atoms with van der Waals surface area (Å²) in [5, 5.41) is 7.06. The lowest BCUT2D eigenvalue weighted by Gasteiger charge is -2.14. The van der Waals surface area contributed by atoms with E-state index in [0.717, 1.165) is 24.2 Å². The molecule has 1 N–H and O–H groups in total. The van der Waals surface area contributed by atoms with E-state index >= 15 is 0 Å². The van der Waals surface area contributed by atoms with Crippen LogP contribution in [0.3, 0.4) is 0 Å². The van der Waals surface area contributed by atoms with Crippen molar-refractivity contribution in [3.05, 3.63) is 52.1 Å². The SMILES string of the molecule is Cc1cccc(NC(=O)C(C)n2nc(C3CC3)ccc2=O)n1. The predicted molar refractivity (Wildman–Crippen MR) is 82.8 cm³/mol. The summed E-state index contributed by atoms with van der Waals surface area (Å²) < 4.78 is 1.25. The van der Waals surface area contributed by atoms with Gasteiger partial charge in [0, 0.05) is 17.7 Å². The Kier molecular flexibility index (Phi) is 3.75. The lowest BCUT2D eigenvalue weighted by atomic mass is 10.2. The molecule has 2 heterocycles. The molecule has 0 spiro atoms. The smallest absolute Gasteiger partial charge is 0.267 e. The van der Waals surface area contributed by atoms with Gasteiger partial charge in [0.05, 0.1) is 5.69 Å². The van der Waals surface area contributed by atoms with Crippen molar-refractivity contribution in [3.8, 4) is 0 Å². The Morgan fingerprint density at radius 1 is 1.32 bits per heavy atom. The third-order valence-corrected chi connectivity index (χ3v) is 3.73. The van der Waals surface area contributed by atoms with Gasteiger partial charge in [0.1, 0.15) is 11.9 Å². The molecule has 114 valence electrons. The number of nitrogens with one attached hydrogen (secondary N) is 1. The van der Waals surface area contributed by atoms with E-state index in [1.165, 1.54) is 10.7 Å². The zero-order chi connectivity index (χ0) is 15.7. The molecular formula is C16H18N4O2. The van der Waals surface area contributed by atoms with Crippen LogP contribution < -0.4 is 10.9 Å². The zero-order valence-corrected chi connectivity index (χ0v) is 12.6. The third-order valence-electron chi connectivity index (χ3n) is 3.73. The standard InChI is InChI=1S/C16H18N4O2/c1-10-4-3-5-14(17-10)18-16(22)11(2)20-15(21)9-8-13(19-20)12-6-7-12/h3-5,8-9,11-12H,6-7H2,1-2H3,(H,17,18,22). The molecule has 6 heteroatoms. The molecule has 0 aromatic carbocycles. The van der Waals surface area contributed by atoms with Gasteiger partial charge in [0.2, 0.25) is 5.91 Å². The number of carbonyl (C=O) groups is 1. The number of pyridine rings is 1. The molecule has 6 nitrogen and oxygen atoms in total. The summed E-state index contributed by atoms with van der Waals surface area (Å²) in [5.74, 6) is 0.601. The molecule has 1 fully saturated rings. The molecule has 0 bridgehead atoms. The van der Waals surface area contributed by atoms with Crippen LogP contribution in [0.5, 0.6) is 0 Å². The van der Waals surface area contributed by atoms with Crippen LogP contribution in [0.4, 0.5) is 5.82 Å². The maximum Gasteiger partial charge on any atom is 0.267 e. The summed E-state index contributed by atoms with van der Waals surface area (Å²) in [4.78, 5) is 28.5. The monoisotopic (exact) mass is 298 g/mol. The normalized spacial score (nSPS) is 15.4. The first-order valence-corrected chi connectivity index (χ1v) is 7.39. The molecule has 22 heavy (non-hydrogen) atoms. The Balaban J connectivity index is 1.80. The minimum absolute atomic E-state index is 0.274. The molecule has 1 amide bonds. The van der Waals surface area contributed by atoms with Gasteiger partial charge in [-0.1, -0.05) is 6.07 Å². The first kappa shape index (κ1) is 14.4. The number of amides is 1. The summed E-state index contributed by atoms with van der Waals surface area (Å²) >= 11 is 0. The van der Waals surface area contributed by atoms with Gasteiger partial charge in [-0.3, -0.25) is 9.59 Å². The first-order chi connectivity index (χ1) is 10.5. The van der Waals surface area contributed by atoms with E-state index in [0.29, 0.717) is 11.7 Å². The molecule has 0 aliphatic heterocycles. The van der Waals surface area contributed by atoms with Crippen molar-refractivity contribution in [2.24, 2.45) is 0 Å². The molecule has 0 saturated heterocycles. The molecule has 1 aliphatic carbocycles. The van der Waals surface area contributed by atoms with Gasteiger partial charge in [-0.05, 0) is 44.9 Å². The maximum atomic E-state index is 12.3. The first-order valence-electron chi connectivity index (χ1n) is 7.39. The van der Waals surface area contributed by atoms with Gasteiger partial charge in [-0.25, -0.2) is 9.67 Å². The number of carbonyl (C=O) groups excluding carboxylic acids is 1. The Hall–Kier alpha value is -2.50. The largest absolute Gasteiger partial charge is 0.309 e. The number of rotatable bonds is 4. The highest BCUT2D eigenvalue weighted by molar-refractivity contribution is 5.92. The van der Waals surface area contributed by atoms with Crippen LogP contribution in [-0.4, -0.2) is 20.7 Å². The minimum Gasteiger partial charge on any atom is -0.309 e. The number of nitrogens with zero attached hydrogens (tertiary/aromatic N) is 3. The van der Waals surface area contributed by atoms with Crippen LogP contribution >= 0.6 is 0 Å². The van der Waals surface area contributed by atoms with E-state index < -0.39 is 6.04 Å². The topological polar surface area (TPSA) is 76.9 Å². The van der Waals surface area contributed by atoms with Crippen LogP contribution in [0.1, 0.15) is 43.1 Å². The second-order valence-corrected chi connectivity index (χ2v) is 5.64. The lowest BCUT2D eigenvalue weighted by Crippen LogP contribution is -2.33. The summed E-state index contributed by atoms with van der Waals surface area (Å²) in [6.07, 6.45) is 2.19. The third kappa shape index (κ3) is 3.05. The van der Waals surface area contributed by atoms with E-state index in [9.17, 15) is 9.59 Å². The molecule has 0 radical (unpaired) electrons. The molecule has 1 aliphatic rings. The van der Waals surface area contributed by atoms with Crippen molar-refractivity contribution < 1.29 is 4.79 Å². The quantitative estimate of drug-likeness (QED) is 0.937. The zero-order valence-electron chi connectivity index (χ0n) is 12.6. The van der Waals surface area contributed by atoms with Crippen LogP contribution in [0.15, 0.2) is 35.1 Å². The predicted octanol–water partition coefficient (Wildman–Crippen LogP) is 2.02. The molecular weight excluding hydrogens is 280 g/mol. The van der Waals surface area contributed by atoms with Crippen molar-refractivity contribution in [1.82, 2.24) is 14.8 Å². The molecule has 1 atom stereocenters. The fourth-order valence-electron chi connectivity index (χ4n) is 2.27. The summed E-state index contributed by atoms with van der Waals surface area (Å²) in [7, 11) is 0. The number of anilines is 1. The van der Waals surface area contributed by atoms with E-state index in [-0.39, 0.29) is 11.5 Å². The lowest BCUT2D eigenvalue weighted by molar-refractivity contribution is -0.119. The summed E-state index contributed by atoms with van der Waals surface area (Å²) in [6.45, 7) is 3.51. The van der Waals surface area contributed by atoms with Gasteiger partial charge in [-0.15, -0.1) is 0 Å². The van der Waals surface area contributed by atoms with E-state index in [1.807, 2.05) is 19.1 Å². The highest BCUT2D eigenvalue weighted by Gasteiger charge is 2.27. The highest BCUT2D eigenvalue weighted by atomic mass is 16.2. The van der Waals surface area contributed by atoms with Crippen molar-refractivity contribution in [2.45, 2.75) is 38.6 Å². The molecule has 2 aromatic heterocycles. The van der Waals surface area contributed by atoms with Gasteiger partial charge in [-0.2, -0.15) is 5.10 Å². The van der Waals surface area contributed by atoms with Crippen molar-refractivity contribution in [3.63, 3.8) is 0 Å². The van der Waals surface area contributed by atoms with Crippen molar-refractivity contribution >= 4 is 11.7 Å². The Morgan fingerprint density at radius 3 is 2.77 bits per heavy atom. The fourth-order valence-corrected chi connectivity index (χ4v) is 2.27. The Labute approximate surface area is 128 Å². The second-order valence-electron chi connectivity index (χ2n) is 5.64. The van der Waals surface area contributed by atoms with Gasteiger partial charge >= 0.3 is 0 Å². The molecule has 1 unspecified atom stereocenters. The number of hydrogen-bond acceptors (Lipinski definition) is 4. The number of hydrogen-bond donors (Lipinski definition) is 1. The fraction of sp³-hybridized carbons (Fsp3) is 0.375. The van der Waals surface area contributed by atoms with Crippen molar-refractivity contribution in [2.75, 3.05) is 5.32 Å². The van der Waals surface area contributed by atoms with E-state index in [4.69, 9.17) is 0 Å². The number of aromatic nitrogens is 3. The second kappa shape index (κ2) is 5.71. The number of aryl methyl sites for hydroxylation is 1. The van der Waals surface area contributed by atoms with Crippen LogP contribution in [0.2, 0.25) is 0 Å². The Bertz CT molecular complexity index is 765. The van der Waals surface area contributed by atoms with E-state index in [1.54, 1.807) is 19.1 Å². The van der Waals surface area contributed by atoms with Gasteiger partial charge < -0.3 is 5.32 Å². The summed E-state index contributed by atoms with van der Waals surface area (Å²) in [6, 6.07) is 7.94. The van der Waals surface area contributed by atoms with Crippen LogP contribution in [0.25, 0.3) is 0 Å². The van der Waals surface area contributed by atoms with Gasteiger partial charge in [0.15, 0.2) is 0 Å². The maximum absolute atomic E-state index is 12.3. The van der Waals surface area contributed by atoms with Crippen LogP contribution in [-0.2, 0) is 4.79 Å². The van der Waals surface area contributed by atoms with Crippen LogP contribution in [0, 0.1) is 6.92 Å². The van der Waals surface area contributed by atoms with Crippen molar-refractivity contribution in [1.29, 1.82) is 0 Å². The average Bonchev–Trinajstić information content (AvgIpc) is 3.32. The molecule has 1 saturated carbocycles. The summed E-state index contributed by atoms with van der Waals surface area (Å²) in [5.41, 5.74) is 1.42. The van der Waals surface area contributed by atoms with Gasteiger partial charge in [0.25, 0.3) is 5.56 Å². The Morgan fingerprint density at radius 2 is 2.09 bits per heavy atom.